The lowest BCUT2D eigenvalue weighted by molar-refractivity contribution is -0.138. The van der Waals surface area contributed by atoms with Crippen LogP contribution in [-0.4, -0.2) is 6.29 Å². The molecule has 0 spiro atoms. The lowest BCUT2D eigenvalue weighted by Crippen LogP contribution is -2.10. The summed E-state index contributed by atoms with van der Waals surface area (Å²) in [6.07, 6.45) is -3.73. The van der Waals surface area contributed by atoms with Gasteiger partial charge in [0.2, 0.25) is 0 Å². The fraction of sp³-hybridized carbons (Fsp3) is 0.300. The Balaban J connectivity index is 3.36. The van der Waals surface area contributed by atoms with Crippen molar-refractivity contribution in [1.29, 1.82) is 0 Å². The second-order valence-corrected chi connectivity index (χ2v) is 2.84. The molecule has 1 aromatic rings. The summed E-state index contributed by atoms with van der Waals surface area (Å²) in [6.45, 7) is 1.59. The van der Waals surface area contributed by atoms with Crippen LogP contribution in [0.4, 0.5) is 13.2 Å². The quantitative estimate of drug-likeness (QED) is 0.673. The third-order valence-electron chi connectivity index (χ3n) is 2.00. The molecule has 1 aromatic carbocycles. The average Bonchev–Trinajstić information content (AvgIpc) is 2.15. The van der Waals surface area contributed by atoms with E-state index in [0.29, 0.717) is 6.29 Å². The molecule has 0 aliphatic rings. The summed E-state index contributed by atoms with van der Waals surface area (Å²) >= 11 is 0. The van der Waals surface area contributed by atoms with Crippen LogP contribution in [0.5, 0.6) is 0 Å². The maximum atomic E-state index is 12.4. The van der Waals surface area contributed by atoms with Crippen LogP contribution in [0.25, 0.3) is 0 Å². The largest absolute Gasteiger partial charge is 0.416 e. The minimum atomic E-state index is -4.38. The van der Waals surface area contributed by atoms with Crippen molar-refractivity contribution >= 4 is 6.29 Å². The van der Waals surface area contributed by atoms with Crippen LogP contribution in [0.1, 0.15) is 28.4 Å². The van der Waals surface area contributed by atoms with E-state index in [4.69, 9.17) is 0 Å². The molecule has 0 amide bonds. The number of rotatable bonds is 2. The van der Waals surface area contributed by atoms with Crippen molar-refractivity contribution in [3.63, 3.8) is 0 Å². The van der Waals surface area contributed by atoms with E-state index in [-0.39, 0.29) is 17.5 Å². The number of aldehydes is 1. The highest BCUT2D eigenvalue weighted by molar-refractivity contribution is 5.78. The topological polar surface area (TPSA) is 17.1 Å². The number of carbonyl (C=O) groups is 1. The van der Waals surface area contributed by atoms with Crippen LogP contribution in [0.2, 0.25) is 0 Å². The van der Waals surface area contributed by atoms with Gasteiger partial charge in [-0.25, -0.2) is 0 Å². The molecule has 0 fully saturated rings. The van der Waals surface area contributed by atoms with Gasteiger partial charge >= 0.3 is 6.18 Å². The Morgan fingerprint density at radius 1 is 1.36 bits per heavy atom. The molecule has 4 heteroatoms. The molecule has 1 rings (SSSR count). The Morgan fingerprint density at radius 2 is 2.00 bits per heavy atom. The predicted molar refractivity (Wildman–Crippen MR) is 46.2 cm³/mol. The highest BCUT2D eigenvalue weighted by atomic mass is 19.4. The van der Waals surface area contributed by atoms with Crippen LogP contribution < -0.4 is 0 Å². The van der Waals surface area contributed by atoms with Gasteiger partial charge in [0.15, 0.2) is 0 Å². The molecule has 76 valence electrons. The standard InChI is InChI=1S/C10H9F3O/c1-2-8-7(6-14)4-3-5-9(8)10(11,12)13/h3-6H,2H2,1H3. The Morgan fingerprint density at radius 3 is 2.43 bits per heavy atom. The van der Waals surface area contributed by atoms with Gasteiger partial charge < -0.3 is 0 Å². The van der Waals surface area contributed by atoms with E-state index in [2.05, 4.69) is 0 Å². The zero-order valence-electron chi connectivity index (χ0n) is 7.56. The fourth-order valence-electron chi connectivity index (χ4n) is 1.38. The molecule has 0 saturated heterocycles. The van der Waals surface area contributed by atoms with Crippen molar-refractivity contribution in [1.82, 2.24) is 0 Å². The molecular weight excluding hydrogens is 193 g/mol. The molecule has 0 aliphatic carbocycles. The molecule has 0 radical (unpaired) electrons. The first-order chi connectivity index (χ1) is 6.50. The highest BCUT2D eigenvalue weighted by Crippen LogP contribution is 2.33. The van der Waals surface area contributed by atoms with Crippen molar-refractivity contribution < 1.29 is 18.0 Å². The van der Waals surface area contributed by atoms with Crippen molar-refractivity contribution in [2.45, 2.75) is 19.5 Å². The van der Waals surface area contributed by atoms with E-state index in [9.17, 15) is 18.0 Å². The zero-order chi connectivity index (χ0) is 10.8. The first kappa shape index (κ1) is 10.8. The number of hydrogen-bond donors (Lipinski definition) is 0. The Labute approximate surface area is 79.5 Å². The number of carbonyl (C=O) groups excluding carboxylic acids is 1. The summed E-state index contributed by atoms with van der Waals surface area (Å²) in [5.74, 6) is 0. The highest BCUT2D eigenvalue weighted by Gasteiger charge is 2.33. The van der Waals surface area contributed by atoms with Crippen LogP contribution in [-0.2, 0) is 12.6 Å². The third kappa shape index (κ3) is 1.95. The molecular formula is C10H9F3O. The van der Waals surface area contributed by atoms with Gasteiger partial charge in [-0.3, -0.25) is 4.79 Å². The third-order valence-corrected chi connectivity index (χ3v) is 2.00. The van der Waals surface area contributed by atoms with Crippen LogP contribution in [0.15, 0.2) is 18.2 Å². The van der Waals surface area contributed by atoms with Crippen LogP contribution >= 0.6 is 0 Å². The van der Waals surface area contributed by atoms with E-state index in [1.165, 1.54) is 12.1 Å². The minimum Gasteiger partial charge on any atom is -0.298 e. The van der Waals surface area contributed by atoms with E-state index >= 15 is 0 Å². The molecule has 0 saturated carbocycles. The zero-order valence-corrected chi connectivity index (χ0v) is 7.56. The van der Waals surface area contributed by atoms with E-state index < -0.39 is 11.7 Å². The fourth-order valence-corrected chi connectivity index (χ4v) is 1.38. The summed E-state index contributed by atoms with van der Waals surface area (Å²) in [4.78, 5) is 10.5. The average molecular weight is 202 g/mol. The number of halogens is 3. The van der Waals surface area contributed by atoms with E-state index in [1.54, 1.807) is 6.92 Å². The molecule has 0 atom stereocenters. The summed E-state index contributed by atoms with van der Waals surface area (Å²) in [7, 11) is 0. The molecule has 0 aliphatic heterocycles. The van der Waals surface area contributed by atoms with Gasteiger partial charge in [0.25, 0.3) is 0 Å². The van der Waals surface area contributed by atoms with Gasteiger partial charge in [0, 0.05) is 5.56 Å². The van der Waals surface area contributed by atoms with Crippen molar-refractivity contribution in [3.05, 3.63) is 34.9 Å². The predicted octanol–water partition coefficient (Wildman–Crippen LogP) is 3.08. The van der Waals surface area contributed by atoms with E-state index in [0.717, 1.165) is 6.07 Å². The Hall–Kier alpha value is -1.32. The Kier molecular flexibility index (Phi) is 2.93. The molecule has 14 heavy (non-hydrogen) atoms. The summed E-state index contributed by atoms with van der Waals surface area (Å²) in [5, 5.41) is 0. The molecule has 0 heterocycles. The molecule has 0 unspecified atom stereocenters. The maximum Gasteiger partial charge on any atom is 0.416 e. The lowest BCUT2D eigenvalue weighted by atomic mass is 9.99. The van der Waals surface area contributed by atoms with Gasteiger partial charge in [0.05, 0.1) is 5.56 Å². The van der Waals surface area contributed by atoms with E-state index in [1.807, 2.05) is 0 Å². The summed E-state index contributed by atoms with van der Waals surface area (Å²) in [5.41, 5.74) is -0.540. The molecule has 1 nitrogen and oxygen atoms in total. The lowest BCUT2D eigenvalue weighted by Gasteiger charge is -2.12. The van der Waals surface area contributed by atoms with Crippen LogP contribution in [0.3, 0.4) is 0 Å². The summed E-state index contributed by atoms with van der Waals surface area (Å²) < 4.78 is 37.3. The maximum absolute atomic E-state index is 12.4. The van der Waals surface area contributed by atoms with Gasteiger partial charge in [-0.15, -0.1) is 0 Å². The normalized spacial score (nSPS) is 11.4. The van der Waals surface area contributed by atoms with Gasteiger partial charge in [0.1, 0.15) is 6.29 Å². The second kappa shape index (κ2) is 3.82. The number of hydrogen-bond acceptors (Lipinski definition) is 1. The van der Waals surface area contributed by atoms with Crippen molar-refractivity contribution in [2.24, 2.45) is 0 Å². The second-order valence-electron chi connectivity index (χ2n) is 2.84. The number of benzene rings is 1. The van der Waals surface area contributed by atoms with Crippen molar-refractivity contribution in [2.75, 3.05) is 0 Å². The first-order valence-corrected chi connectivity index (χ1v) is 4.15. The van der Waals surface area contributed by atoms with Gasteiger partial charge in [-0.05, 0) is 18.1 Å². The van der Waals surface area contributed by atoms with Crippen molar-refractivity contribution in [3.8, 4) is 0 Å². The monoisotopic (exact) mass is 202 g/mol. The number of alkyl halides is 3. The smallest absolute Gasteiger partial charge is 0.298 e. The molecule has 0 bridgehead atoms. The molecule has 0 aromatic heterocycles. The van der Waals surface area contributed by atoms with Crippen LogP contribution in [0, 0.1) is 0 Å². The Bertz CT molecular complexity index is 342. The minimum absolute atomic E-state index is 0.0648. The summed E-state index contributed by atoms with van der Waals surface area (Å²) in [6, 6.07) is 3.62. The SMILES string of the molecule is CCc1c(C=O)cccc1C(F)(F)F. The van der Waals surface area contributed by atoms with Gasteiger partial charge in [-0.2, -0.15) is 13.2 Å². The molecule has 0 N–H and O–H groups in total. The van der Waals surface area contributed by atoms with Gasteiger partial charge in [-0.1, -0.05) is 19.1 Å². The first-order valence-electron chi connectivity index (χ1n) is 4.15.